The van der Waals surface area contributed by atoms with Gasteiger partial charge in [-0.2, -0.15) is 0 Å². The SMILES string of the molecule is CC(=O)Nc1cccc(C(=O)OCC(=O)NC(=O)N[C@@H]2CCCC[C@H]2C)c1. The zero-order valence-corrected chi connectivity index (χ0v) is 15.5. The highest BCUT2D eigenvalue weighted by atomic mass is 16.5. The van der Waals surface area contributed by atoms with Crippen molar-refractivity contribution in [2.45, 2.75) is 45.6 Å². The quantitative estimate of drug-likeness (QED) is 0.683. The first-order chi connectivity index (χ1) is 12.8. The number of carbonyl (C=O) groups excluding carboxylic acids is 4. The molecular weight excluding hydrogens is 350 g/mol. The largest absolute Gasteiger partial charge is 0.452 e. The molecule has 0 bridgehead atoms. The summed E-state index contributed by atoms with van der Waals surface area (Å²) in [6, 6.07) is 5.62. The van der Waals surface area contributed by atoms with Crippen molar-refractivity contribution in [3.05, 3.63) is 29.8 Å². The van der Waals surface area contributed by atoms with E-state index < -0.39 is 24.5 Å². The predicted octanol–water partition coefficient (Wildman–Crippen LogP) is 2.21. The molecule has 1 saturated carbocycles. The topological polar surface area (TPSA) is 114 Å². The van der Waals surface area contributed by atoms with Crippen molar-refractivity contribution in [1.82, 2.24) is 10.6 Å². The van der Waals surface area contributed by atoms with Gasteiger partial charge >= 0.3 is 12.0 Å². The molecule has 146 valence electrons. The van der Waals surface area contributed by atoms with E-state index in [1.165, 1.54) is 19.1 Å². The zero-order chi connectivity index (χ0) is 19.8. The molecule has 0 radical (unpaired) electrons. The highest BCUT2D eigenvalue weighted by molar-refractivity contribution is 5.97. The van der Waals surface area contributed by atoms with E-state index in [0.717, 1.165) is 25.7 Å². The van der Waals surface area contributed by atoms with Gasteiger partial charge in [-0.25, -0.2) is 9.59 Å². The monoisotopic (exact) mass is 375 g/mol. The Morgan fingerprint density at radius 2 is 1.89 bits per heavy atom. The third kappa shape index (κ3) is 6.73. The van der Waals surface area contributed by atoms with E-state index in [-0.39, 0.29) is 17.5 Å². The fourth-order valence-electron chi connectivity index (χ4n) is 3.04. The van der Waals surface area contributed by atoms with Crippen molar-refractivity contribution >= 4 is 29.5 Å². The number of carbonyl (C=O) groups is 4. The molecule has 1 fully saturated rings. The van der Waals surface area contributed by atoms with Crippen molar-refractivity contribution in [2.24, 2.45) is 5.92 Å². The highest BCUT2D eigenvalue weighted by Gasteiger charge is 2.23. The summed E-state index contributed by atoms with van der Waals surface area (Å²) in [5, 5.41) is 7.52. The lowest BCUT2D eigenvalue weighted by Crippen LogP contribution is -2.48. The van der Waals surface area contributed by atoms with Crippen LogP contribution in [0.25, 0.3) is 0 Å². The zero-order valence-electron chi connectivity index (χ0n) is 15.5. The molecule has 1 aromatic carbocycles. The van der Waals surface area contributed by atoms with Gasteiger partial charge in [-0.05, 0) is 37.0 Å². The number of hydrogen-bond donors (Lipinski definition) is 3. The first-order valence-electron chi connectivity index (χ1n) is 9.00. The van der Waals surface area contributed by atoms with E-state index >= 15 is 0 Å². The summed E-state index contributed by atoms with van der Waals surface area (Å²) in [4.78, 5) is 46.8. The Morgan fingerprint density at radius 3 is 2.59 bits per heavy atom. The molecule has 2 rings (SSSR count). The van der Waals surface area contributed by atoms with Gasteiger partial charge in [0.15, 0.2) is 6.61 Å². The molecule has 0 heterocycles. The van der Waals surface area contributed by atoms with Gasteiger partial charge in [0.25, 0.3) is 5.91 Å². The molecule has 2 atom stereocenters. The van der Waals surface area contributed by atoms with Crippen LogP contribution in [0.5, 0.6) is 0 Å². The number of nitrogens with one attached hydrogen (secondary N) is 3. The fraction of sp³-hybridized carbons (Fsp3) is 0.474. The minimum atomic E-state index is -0.723. The van der Waals surface area contributed by atoms with Crippen molar-refractivity contribution < 1.29 is 23.9 Å². The number of imide groups is 1. The van der Waals surface area contributed by atoms with E-state index in [2.05, 4.69) is 22.9 Å². The van der Waals surface area contributed by atoms with Crippen LogP contribution >= 0.6 is 0 Å². The third-order valence-electron chi connectivity index (χ3n) is 4.43. The van der Waals surface area contributed by atoms with Crippen LogP contribution in [0.1, 0.15) is 49.9 Å². The van der Waals surface area contributed by atoms with Crippen molar-refractivity contribution in [3.63, 3.8) is 0 Å². The van der Waals surface area contributed by atoms with Crippen LogP contribution in [0, 0.1) is 5.92 Å². The van der Waals surface area contributed by atoms with Gasteiger partial charge in [0.1, 0.15) is 0 Å². The lowest BCUT2D eigenvalue weighted by Gasteiger charge is -2.29. The minimum absolute atomic E-state index is 0.0469. The number of anilines is 1. The second kappa shape index (κ2) is 9.70. The Kier molecular flexibility index (Phi) is 7.34. The maximum Gasteiger partial charge on any atom is 0.338 e. The molecule has 8 nitrogen and oxygen atoms in total. The number of rotatable bonds is 5. The van der Waals surface area contributed by atoms with Gasteiger partial charge in [0.05, 0.1) is 5.56 Å². The summed E-state index contributed by atoms with van der Waals surface area (Å²) in [5.41, 5.74) is 0.636. The van der Waals surface area contributed by atoms with Crippen molar-refractivity contribution in [2.75, 3.05) is 11.9 Å². The van der Waals surface area contributed by atoms with Gasteiger partial charge in [-0.3, -0.25) is 14.9 Å². The average molecular weight is 375 g/mol. The third-order valence-corrected chi connectivity index (χ3v) is 4.43. The van der Waals surface area contributed by atoms with Gasteiger partial charge in [-0.1, -0.05) is 25.8 Å². The second-order valence-corrected chi connectivity index (χ2v) is 6.73. The fourth-order valence-corrected chi connectivity index (χ4v) is 3.04. The van der Waals surface area contributed by atoms with Crippen molar-refractivity contribution in [1.29, 1.82) is 0 Å². The highest BCUT2D eigenvalue weighted by Crippen LogP contribution is 2.23. The Bertz CT molecular complexity index is 719. The summed E-state index contributed by atoms with van der Waals surface area (Å²) < 4.78 is 4.92. The molecule has 1 aromatic rings. The Hall–Kier alpha value is -2.90. The van der Waals surface area contributed by atoms with Gasteiger partial charge in [-0.15, -0.1) is 0 Å². The maximum atomic E-state index is 12.0. The van der Waals surface area contributed by atoms with Gasteiger partial charge in [0, 0.05) is 18.7 Å². The standard InChI is InChI=1S/C19H25N3O5/c1-12-6-3-4-9-16(12)21-19(26)22-17(24)11-27-18(25)14-7-5-8-15(10-14)20-13(2)23/h5,7-8,10,12,16H,3-4,6,9,11H2,1-2H3,(H,20,23)(H2,21,22,24,26)/t12-,16-/m1/s1. The molecule has 1 aliphatic carbocycles. The molecule has 0 aromatic heterocycles. The molecule has 0 unspecified atom stereocenters. The molecular formula is C19H25N3O5. The van der Waals surface area contributed by atoms with Crippen LogP contribution in [-0.2, 0) is 14.3 Å². The molecule has 8 heteroatoms. The first-order valence-corrected chi connectivity index (χ1v) is 9.00. The van der Waals surface area contributed by atoms with Gasteiger partial charge in [0.2, 0.25) is 5.91 Å². The lowest BCUT2D eigenvalue weighted by atomic mass is 9.86. The van der Waals surface area contributed by atoms with E-state index in [1.807, 2.05) is 0 Å². The predicted molar refractivity (Wildman–Crippen MR) is 99.1 cm³/mol. The van der Waals surface area contributed by atoms with E-state index in [0.29, 0.717) is 11.6 Å². The second-order valence-electron chi connectivity index (χ2n) is 6.73. The minimum Gasteiger partial charge on any atom is -0.452 e. The molecule has 0 saturated heterocycles. The van der Waals surface area contributed by atoms with Crippen LogP contribution in [0.2, 0.25) is 0 Å². The van der Waals surface area contributed by atoms with Crippen LogP contribution in [-0.4, -0.2) is 36.5 Å². The van der Waals surface area contributed by atoms with E-state index in [4.69, 9.17) is 4.74 Å². The van der Waals surface area contributed by atoms with E-state index in [9.17, 15) is 19.2 Å². The Labute approximate surface area is 158 Å². The summed E-state index contributed by atoms with van der Waals surface area (Å²) in [7, 11) is 0. The normalized spacial score (nSPS) is 18.9. The van der Waals surface area contributed by atoms with E-state index in [1.54, 1.807) is 12.1 Å². The summed E-state index contributed by atoms with van der Waals surface area (Å²) in [5.74, 6) is -1.33. The number of benzene rings is 1. The van der Waals surface area contributed by atoms with Crippen LogP contribution in [0.4, 0.5) is 10.5 Å². The van der Waals surface area contributed by atoms with Crippen LogP contribution in [0.3, 0.4) is 0 Å². The first kappa shape index (κ1) is 20.4. The molecule has 0 spiro atoms. The number of amides is 4. The van der Waals surface area contributed by atoms with Crippen LogP contribution < -0.4 is 16.0 Å². The number of ether oxygens (including phenoxy) is 1. The number of hydrogen-bond acceptors (Lipinski definition) is 5. The van der Waals surface area contributed by atoms with Crippen molar-refractivity contribution in [3.8, 4) is 0 Å². The summed E-state index contributed by atoms with van der Waals surface area (Å²) in [6.07, 6.45) is 4.15. The Balaban J connectivity index is 1.78. The smallest absolute Gasteiger partial charge is 0.338 e. The number of esters is 1. The maximum absolute atomic E-state index is 12.0. The van der Waals surface area contributed by atoms with Crippen LogP contribution in [0.15, 0.2) is 24.3 Å². The van der Waals surface area contributed by atoms with Gasteiger partial charge < -0.3 is 15.4 Å². The lowest BCUT2D eigenvalue weighted by molar-refractivity contribution is -0.123. The molecule has 27 heavy (non-hydrogen) atoms. The average Bonchev–Trinajstić information content (AvgIpc) is 2.61. The number of urea groups is 1. The summed E-state index contributed by atoms with van der Waals surface area (Å²) in [6.45, 7) is 2.86. The molecule has 3 N–H and O–H groups in total. The summed E-state index contributed by atoms with van der Waals surface area (Å²) >= 11 is 0. The molecule has 4 amide bonds. The Morgan fingerprint density at radius 1 is 1.15 bits per heavy atom. The molecule has 0 aliphatic heterocycles. The molecule has 1 aliphatic rings.